The summed E-state index contributed by atoms with van der Waals surface area (Å²) in [5.41, 5.74) is 4.26. The number of aromatic nitrogens is 3. The van der Waals surface area contributed by atoms with Crippen LogP contribution in [0.2, 0.25) is 0 Å². The number of methoxy groups -OCH3 is 2. The molecule has 4 rings (SSSR count). The molecule has 0 unspecified atom stereocenters. The second-order valence-electron chi connectivity index (χ2n) is 6.13. The first-order valence-corrected chi connectivity index (χ1v) is 8.37. The van der Waals surface area contributed by atoms with E-state index in [-0.39, 0.29) is 6.04 Å². The number of nitrogens with zero attached hydrogens (tertiary/aromatic N) is 3. The van der Waals surface area contributed by atoms with Crippen LogP contribution in [0.4, 0.5) is 5.95 Å². The van der Waals surface area contributed by atoms with Crippen LogP contribution >= 0.6 is 0 Å². The van der Waals surface area contributed by atoms with Crippen LogP contribution in [0.5, 0.6) is 11.5 Å². The minimum absolute atomic E-state index is 0.157. The Morgan fingerprint density at radius 2 is 1.85 bits per heavy atom. The molecule has 0 amide bonds. The lowest BCUT2D eigenvalue weighted by atomic mass is 10.00. The van der Waals surface area contributed by atoms with E-state index in [1.807, 2.05) is 22.9 Å². The third kappa shape index (κ3) is 2.69. The summed E-state index contributed by atoms with van der Waals surface area (Å²) in [5.74, 6) is 2.08. The first-order chi connectivity index (χ1) is 12.7. The van der Waals surface area contributed by atoms with Gasteiger partial charge in [-0.2, -0.15) is 10.1 Å². The largest absolute Gasteiger partial charge is 0.493 e. The molecule has 3 aromatic rings. The molecule has 1 aliphatic heterocycles. The van der Waals surface area contributed by atoms with Gasteiger partial charge >= 0.3 is 0 Å². The summed E-state index contributed by atoms with van der Waals surface area (Å²) >= 11 is 0. The number of benzene rings is 2. The highest BCUT2D eigenvalue weighted by atomic mass is 16.5. The number of ether oxygens (including phenoxy) is 2. The molecule has 1 aliphatic rings. The minimum Gasteiger partial charge on any atom is -0.493 e. The van der Waals surface area contributed by atoms with Crippen LogP contribution in [0.25, 0.3) is 5.70 Å². The van der Waals surface area contributed by atoms with Crippen LogP contribution in [0.1, 0.15) is 22.7 Å². The lowest BCUT2D eigenvalue weighted by molar-refractivity contribution is 0.349. The smallest absolute Gasteiger partial charge is 0.226 e. The maximum absolute atomic E-state index is 5.63. The highest BCUT2D eigenvalue weighted by Gasteiger charge is 2.27. The molecular formula is C20H20N4O2. The Labute approximate surface area is 152 Å². The first kappa shape index (κ1) is 16.2. The standard InChI is InChI=1S/C20H20N4O2/c1-13-7-9-14(10-8-13)16-11-17(24-20(23-16)21-12-22-24)15-5-4-6-18(25-2)19(15)26-3/h4-12,17H,1-3H3,(H,21,22,23)/t17-/m1/s1. The molecule has 0 spiro atoms. The Bertz CT molecular complexity index is 960. The van der Waals surface area contributed by atoms with Gasteiger partial charge in [0, 0.05) is 11.3 Å². The van der Waals surface area contributed by atoms with Crippen molar-refractivity contribution in [2.45, 2.75) is 13.0 Å². The Morgan fingerprint density at radius 3 is 2.58 bits per heavy atom. The molecule has 0 aliphatic carbocycles. The van der Waals surface area contributed by atoms with Crippen molar-refractivity contribution in [3.05, 3.63) is 71.6 Å². The molecule has 132 valence electrons. The van der Waals surface area contributed by atoms with E-state index in [4.69, 9.17) is 9.47 Å². The number of allylic oxidation sites excluding steroid dienone is 1. The van der Waals surface area contributed by atoms with Gasteiger partial charge in [-0.15, -0.1) is 0 Å². The van der Waals surface area contributed by atoms with Gasteiger partial charge < -0.3 is 14.8 Å². The van der Waals surface area contributed by atoms with Crippen molar-refractivity contribution >= 4 is 11.6 Å². The third-order valence-corrected chi connectivity index (χ3v) is 4.52. The summed E-state index contributed by atoms with van der Waals surface area (Å²) in [6.07, 6.45) is 3.68. The predicted molar refractivity (Wildman–Crippen MR) is 100 cm³/mol. The van der Waals surface area contributed by atoms with Gasteiger partial charge in [0.15, 0.2) is 11.5 Å². The molecule has 2 aromatic carbocycles. The van der Waals surface area contributed by atoms with E-state index in [1.165, 1.54) is 5.56 Å². The van der Waals surface area contributed by atoms with Gasteiger partial charge in [0.05, 0.1) is 14.2 Å². The molecule has 0 saturated carbocycles. The van der Waals surface area contributed by atoms with Gasteiger partial charge in [-0.05, 0) is 24.6 Å². The fourth-order valence-electron chi connectivity index (χ4n) is 3.20. The molecule has 26 heavy (non-hydrogen) atoms. The SMILES string of the molecule is COc1cccc([C@H]2C=C(c3ccc(C)cc3)Nc3ncnn32)c1OC. The van der Waals surface area contributed by atoms with Gasteiger partial charge in [0.1, 0.15) is 12.4 Å². The molecule has 1 atom stereocenters. The van der Waals surface area contributed by atoms with Crippen molar-refractivity contribution in [3.63, 3.8) is 0 Å². The maximum Gasteiger partial charge on any atom is 0.226 e. The van der Waals surface area contributed by atoms with Crippen molar-refractivity contribution < 1.29 is 9.47 Å². The van der Waals surface area contributed by atoms with E-state index in [9.17, 15) is 0 Å². The highest BCUT2D eigenvalue weighted by molar-refractivity contribution is 5.77. The lowest BCUT2D eigenvalue weighted by Gasteiger charge is -2.26. The third-order valence-electron chi connectivity index (χ3n) is 4.52. The zero-order valence-corrected chi connectivity index (χ0v) is 14.9. The molecule has 6 heteroatoms. The van der Waals surface area contributed by atoms with E-state index in [1.54, 1.807) is 20.5 Å². The Hall–Kier alpha value is -3.28. The summed E-state index contributed by atoms with van der Waals surface area (Å²) in [4.78, 5) is 4.35. The van der Waals surface area contributed by atoms with E-state index >= 15 is 0 Å². The van der Waals surface area contributed by atoms with Crippen LogP contribution in [0, 0.1) is 6.92 Å². The molecule has 2 heterocycles. The lowest BCUT2D eigenvalue weighted by Crippen LogP contribution is -2.20. The summed E-state index contributed by atoms with van der Waals surface area (Å²) in [6, 6.07) is 14.1. The molecule has 1 aromatic heterocycles. The molecule has 0 bridgehead atoms. The zero-order chi connectivity index (χ0) is 18.1. The topological polar surface area (TPSA) is 61.2 Å². The number of fused-ring (bicyclic) bond motifs is 1. The van der Waals surface area contributed by atoms with E-state index in [2.05, 4.69) is 52.7 Å². The summed E-state index contributed by atoms with van der Waals surface area (Å²) < 4.78 is 12.9. The minimum atomic E-state index is -0.157. The van der Waals surface area contributed by atoms with Crippen LogP contribution in [0.15, 0.2) is 54.9 Å². The monoisotopic (exact) mass is 348 g/mol. The van der Waals surface area contributed by atoms with Crippen LogP contribution < -0.4 is 14.8 Å². The second-order valence-corrected chi connectivity index (χ2v) is 6.13. The van der Waals surface area contributed by atoms with Crippen molar-refractivity contribution in [1.29, 1.82) is 0 Å². The number of rotatable bonds is 4. The number of hydrogen-bond acceptors (Lipinski definition) is 5. The Balaban J connectivity index is 1.85. The van der Waals surface area contributed by atoms with Gasteiger partial charge in [-0.25, -0.2) is 4.68 Å². The van der Waals surface area contributed by atoms with Crippen molar-refractivity contribution in [3.8, 4) is 11.5 Å². The quantitative estimate of drug-likeness (QED) is 0.780. The van der Waals surface area contributed by atoms with Crippen molar-refractivity contribution in [2.75, 3.05) is 19.5 Å². The Kier molecular flexibility index (Phi) is 4.08. The van der Waals surface area contributed by atoms with E-state index < -0.39 is 0 Å². The summed E-state index contributed by atoms with van der Waals surface area (Å²) in [7, 11) is 3.29. The number of aryl methyl sites for hydroxylation is 1. The number of para-hydroxylation sites is 1. The van der Waals surface area contributed by atoms with Crippen molar-refractivity contribution in [1.82, 2.24) is 14.8 Å². The van der Waals surface area contributed by atoms with Crippen molar-refractivity contribution in [2.24, 2.45) is 0 Å². The summed E-state index contributed by atoms with van der Waals surface area (Å²) in [6.45, 7) is 2.08. The maximum atomic E-state index is 5.63. The number of anilines is 1. The fourth-order valence-corrected chi connectivity index (χ4v) is 3.20. The molecule has 0 radical (unpaired) electrons. The average Bonchev–Trinajstić information content (AvgIpc) is 3.15. The van der Waals surface area contributed by atoms with Gasteiger partial charge in [0.25, 0.3) is 0 Å². The molecule has 6 nitrogen and oxygen atoms in total. The second kappa shape index (κ2) is 6.55. The number of hydrogen-bond donors (Lipinski definition) is 1. The molecule has 0 fully saturated rings. The number of nitrogens with one attached hydrogen (secondary N) is 1. The van der Waals surface area contributed by atoms with Gasteiger partial charge in [0.2, 0.25) is 5.95 Å². The summed E-state index contributed by atoms with van der Waals surface area (Å²) in [5, 5.41) is 7.75. The molecule has 0 saturated heterocycles. The molecular weight excluding hydrogens is 328 g/mol. The fraction of sp³-hybridized carbons (Fsp3) is 0.200. The van der Waals surface area contributed by atoms with Crippen LogP contribution in [-0.2, 0) is 0 Å². The highest BCUT2D eigenvalue weighted by Crippen LogP contribution is 2.40. The average molecular weight is 348 g/mol. The first-order valence-electron chi connectivity index (χ1n) is 8.37. The van der Waals surface area contributed by atoms with E-state index in [0.717, 1.165) is 16.8 Å². The van der Waals surface area contributed by atoms with Crippen LogP contribution in [-0.4, -0.2) is 29.0 Å². The predicted octanol–water partition coefficient (Wildman–Crippen LogP) is 3.66. The normalized spacial score (nSPS) is 15.7. The van der Waals surface area contributed by atoms with Crippen LogP contribution in [0.3, 0.4) is 0 Å². The van der Waals surface area contributed by atoms with Gasteiger partial charge in [-0.1, -0.05) is 42.0 Å². The van der Waals surface area contributed by atoms with E-state index in [0.29, 0.717) is 17.4 Å². The Morgan fingerprint density at radius 1 is 1.04 bits per heavy atom. The zero-order valence-electron chi connectivity index (χ0n) is 14.9. The molecule has 1 N–H and O–H groups in total. The van der Waals surface area contributed by atoms with Gasteiger partial charge in [-0.3, -0.25) is 0 Å².